The van der Waals surface area contributed by atoms with Crippen LogP contribution < -0.4 is 0 Å². The second kappa shape index (κ2) is 4.01. The van der Waals surface area contributed by atoms with Crippen LogP contribution in [-0.4, -0.2) is 26.4 Å². The van der Waals surface area contributed by atoms with Gasteiger partial charge in [-0.05, 0) is 6.92 Å². The minimum absolute atomic E-state index is 0.0140. The number of ketones is 1. The number of aromatic carboxylic acids is 1. The van der Waals surface area contributed by atoms with Crippen molar-refractivity contribution < 1.29 is 14.7 Å². The molecule has 1 N–H and O–H groups in total. The first-order valence-electron chi connectivity index (χ1n) is 5.19. The summed E-state index contributed by atoms with van der Waals surface area (Å²) in [4.78, 5) is 26.8. The van der Waals surface area contributed by atoms with E-state index in [1.54, 1.807) is 12.2 Å². The first-order valence-corrected chi connectivity index (χ1v) is 5.19. The maximum Gasteiger partial charge on any atom is 0.354 e. The molecule has 0 spiro atoms. The number of carboxylic acid groups (broad SMARTS) is 1. The standard InChI is InChI=1S/C12H12N2O3/c1-9(15)12(5-3-2-4-6-12)14-8-13-7-10(14)11(16)17/h2-5,7-8H,6H2,1H3,(H,16,17). The van der Waals surface area contributed by atoms with E-state index in [0.29, 0.717) is 6.42 Å². The smallest absolute Gasteiger partial charge is 0.354 e. The summed E-state index contributed by atoms with van der Waals surface area (Å²) in [7, 11) is 0. The monoisotopic (exact) mass is 232 g/mol. The highest BCUT2D eigenvalue weighted by Crippen LogP contribution is 2.29. The van der Waals surface area contributed by atoms with Gasteiger partial charge in [-0.1, -0.05) is 24.3 Å². The largest absolute Gasteiger partial charge is 0.477 e. The summed E-state index contributed by atoms with van der Waals surface area (Å²) < 4.78 is 1.41. The van der Waals surface area contributed by atoms with Crippen LogP contribution in [0.15, 0.2) is 36.8 Å². The maximum absolute atomic E-state index is 11.9. The van der Waals surface area contributed by atoms with E-state index < -0.39 is 11.5 Å². The molecule has 0 amide bonds. The quantitative estimate of drug-likeness (QED) is 0.854. The fourth-order valence-corrected chi connectivity index (χ4v) is 1.99. The predicted molar refractivity (Wildman–Crippen MR) is 60.7 cm³/mol. The third-order valence-electron chi connectivity index (χ3n) is 2.95. The molecule has 0 saturated heterocycles. The zero-order valence-electron chi connectivity index (χ0n) is 9.33. The SMILES string of the molecule is CC(=O)C1(n2cncc2C(=O)O)C=CC=CC1. The number of imidazole rings is 1. The zero-order valence-corrected chi connectivity index (χ0v) is 9.33. The van der Waals surface area contributed by atoms with Crippen LogP contribution >= 0.6 is 0 Å². The Bertz CT molecular complexity index is 528. The minimum Gasteiger partial charge on any atom is -0.477 e. The van der Waals surface area contributed by atoms with Crippen molar-refractivity contribution in [3.8, 4) is 0 Å². The van der Waals surface area contributed by atoms with Gasteiger partial charge >= 0.3 is 5.97 Å². The summed E-state index contributed by atoms with van der Waals surface area (Å²) >= 11 is 0. The number of allylic oxidation sites excluding steroid dienone is 4. The lowest BCUT2D eigenvalue weighted by molar-refractivity contribution is -0.123. The number of aromatic nitrogens is 2. The highest BCUT2D eigenvalue weighted by atomic mass is 16.4. The Morgan fingerprint density at radius 3 is 2.76 bits per heavy atom. The van der Waals surface area contributed by atoms with Gasteiger partial charge in [0.15, 0.2) is 5.78 Å². The number of carbonyl (C=O) groups is 2. The number of hydrogen-bond acceptors (Lipinski definition) is 3. The molecule has 1 aromatic heterocycles. The Morgan fingerprint density at radius 2 is 2.24 bits per heavy atom. The molecule has 2 rings (SSSR count). The fraction of sp³-hybridized carbons (Fsp3) is 0.250. The van der Waals surface area contributed by atoms with E-state index in [0.717, 1.165) is 0 Å². The molecule has 0 aromatic carbocycles. The molecule has 0 bridgehead atoms. The van der Waals surface area contributed by atoms with Gasteiger partial charge in [-0.2, -0.15) is 0 Å². The first-order chi connectivity index (χ1) is 8.08. The Kier molecular flexibility index (Phi) is 2.67. The number of carbonyl (C=O) groups excluding carboxylic acids is 1. The maximum atomic E-state index is 11.9. The lowest BCUT2D eigenvalue weighted by Gasteiger charge is -2.30. The van der Waals surface area contributed by atoms with Gasteiger partial charge < -0.3 is 9.67 Å². The van der Waals surface area contributed by atoms with E-state index in [9.17, 15) is 9.59 Å². The molecule has 17 heavy (non-hydrogen) atoms. The summed E-state index contributed by atoms with van der Waals surface area (Å²) in [6.07, 6.45) is 10.2. The lowest BCUT2D eigenvalue weighted by atomic mass is 9.87. The van der Waals surface area contributed by atoms with Gasteiger partial charge in [0, 0.05) is 6.42 Å². The molecule has 0 saturated carbocycles. The average Bonchev–Trinajstić information content (AvgIpc) is 2.79. The molecular formula is C12H12N2O3. The van der Waals surface area contributed by atoms with Gasteiger partial charge in [-0.3, -0.25) is 4.79 Å². The molecule has 1 aromatic rings. The van der Waals surface area contributed by atoms with E-state index in [2.05, 4.69) is 4.98 Å². The molecule has 0 fully saturated rings. The summed E-state index contributed by atoms with van der Waals surface area (Å²) in [5.41, 5.74) is -0.945. The summed E-state index contributed by atoms with van der Waals surface area (Å²) in [6.45, 7) is 1.45. The molecule has 1 unspecified atom stereocenters. The zero-order chi connectivity index (χ0) is 12.5. The Balaban J connectivity index is 2.58. The summed E-state index contributed by atoms with van der Waals surface area (Å²) in [5, 5.41) is 9.07. The molecule has 5 heteroatoms. The van der Waals surface area contributed by atoms with Crippen molar-refractivity contribution >= 4 is 11.8 Å². The molecule has 0 radical (unpaired) electrons. The van der Waals surface area contributed by atoms with Crippen molar-refractivity contribution in [1.29, 1.82) is 0 Å². The summed E-state index contributed by atoms with van der Waals surface area (Å²) in [5.74, 6) is -1.20. The van der Waals surface area contributed by atoms with E-state index in [-0.39, 0.29) is 11.5 Å². The van der Waals surface area contributed by atoms with E-state index >= 15 is 0 Å². The van der Waals surface area contributed by atoms with Crippen molar-refractivity contribution in [2.24, 2.45) is 0 Å². The van der Waals surface area contributed by atoms with E-state index in [1.165, 1.54) is 24.0 Å². The Morgan fingerprint density at radius 1 is 1.47 bits per heavy atom. The highest BCUT2D eigenvalue weighted by molar-refractivity contribution is 5.90. The van der Waals surface area contributed by atoms with Crippen molar-refractivity contribution in [2.45, 2.75) is 18.9 Å². The van der Waals surface area contributed by atoms with Gasteiger partial charge in [-0.25, -0.2) is 9.78 Å². The van der Waals surface area contributed by atoms with Crippen LogP contribution in [0.1, 0.15) is 23.8 Å². The predicted octanol–water partition coefficient (Wildman–Crippen LogP) is 1.38. The average molecular weight is 232 g/mol. The van der Waals surface area contributed by atoms with Crippen LogP contribution in [0.2, 0.25) is 0 Å². The lowest BCUT2D eigenvalue weighted by Crippen LogP contribution is -2.40. The number of rotatable bonds is 3. The molecule has 88 valence electrons. The Labute approximate surface area is 98.1 Å². The number of hydrogen-bond donors (Lipinski definition) is 1. The van der Waals surface area contributed by atoms with Crippen molar-refractivity contribution in [1.82, 2.24) is 9.55 Å². The molecular weight excluding hydrogens is 220 g/mol. The number of carboxylic acids is 1. The molecule has 1 aliphatic carbocycles. The third-order valence-corrected chi connectivity index (χ3v) is 2.95. The second-order valence-corrected chi connectivity index (χ2v) is 3.93. The van der Waals surface area contributed by atoms with Gasteiger partial charge in [0.1, 0.15) is 11.2 Å². The van der Waals surface area contributed by atoms with Crippen molar-refractivity contribution in [2.75, 3.05) is 0 Å². The first kappa shape index (κ1) is 11.3. The molecule has 1 atom stereocenters. The van der Waals surface area contributed by atoms with Gasteiger partial charge in [0.2, 0.25) is 0 Å². The van der Waals surface area contributed by atoms with Gasteiger partial charge in [0.25, 0.3) is 0 Å². The normalized spacial score (nSPS) is 22.6. The van der Waals surface area contributed by atoms with Crippen LogP contribution in [0.3, 0.4) is 0 Å². The number of Topliss-reactive ketones (excluding diaryl/α,β-unsaturated/α-hetero) is 1. The van der Waals surface area contributed by atoms with Crippen LogP contribution in [0.5, 0.6) is 0 Å². The molecule has 5 nitrogen and oxygen atoms in total. The topological polar surface area (TPSA) is 72.2 Å². The molecule has 0 aliphatic heterocycles. The number of nitrogens with zero attached hydrogens (tertiary/aromatic N) is 2. The molecule has 1 heterocycles. The Hall–Kier alpha value is -2.17. The summed E-state index contributed by atoms with van der Waals surface area (Å²) in [6, 6.07) is 0. The van der Waals surface area contributed by atoms with Crippen LogP contribution in [0.25, 0.3) is 0 Å². The van der Waals surface area contributed by atoms with Gasteiger partial charge in [0.05, 0.1) is 12.5 Å². The van der Waals surface area contributed by atoms with Gasteiger partial charge in [-0.15, -0.1) is 0 Å². The van der Waals surface area contributed by atoms with Crippen molar-refractivity contribution in [3.63, 3.8) is 0 Å². The highest BCUT2D eigenvalue weighted by Gasteiger charge is 2.37. The molecule has 1 aliphatic rings. The van der Waals surface area contributed by atoms with Crippen LogP contribution in [0.4, 0.5) is 0 Å². The third kappa shape index (κ3) is 1.69. The van der Waals surface area contributed by atoms with E-state index in [1.807, 2.05) is 12.2 Å². The minimum atomic E-state index is -1.09. The van der Waals surface area contributed by atoms with Crippen LogP contribution in [-0.2, 0) is 10.3 Å². The van der Waals surface area contributed by atoms with E-state index in [4.69, 9.17) is 5.11 Å². The van der Waals surface area contributed by atoms with Crippen molar-refractivity contribution in [3.05, 3.63) is 42.5 Å². The van der Waals surface area contributed by atoms with Crippen LogP contribution in [0, 0.1) is 0 Å². The fourth-order valence-electron chi connectivity index (χ4n) is 1.99. The second-order valence-electron chi connectivity index (χ2n) is 3.93.